The van der Waals surface area contributed by atoms with Crippen molar-refractivity contribution in [3.05, 3.63) is 65.6 Å². The number of primary amides is 1. The fourth-order valence-electron chi connectivity index (χ4n) is 3.22. The lowest BCUT2D eigenvalue weighted by atomic mass is 10.2. The summed E-state index contributed by atoms with van der Waals surface area (Å²) in [5.74, 6) is 1.09. The number of piperazine rings is 1. The molecule has 0 unspecified atom stereocenters. The maximum atomic E-state index is 11.2. The summed E-state index contributed by atoms with van der Waals surface area (Å²) in [6, 6.07) is 13.7. The molecule has 1 aliphatic heterocycles. The lowest BCUT2D eigenvalue weighted by Gasteiger charge is -2.36. The van der Waals surface area contributed by atoms with E-state index in [-0.39, 0.29) is 29.7 Å². The van der Waals surface area contributed by atoms with Gasteiger partial charge in [0.1, 0.15) is 12.3 Å². The molecular weight excluding hydrogens is 493 g/mol. The van der Waals surface area contributed by atoms with Gasteiger partial charge >= 0.3 is 0 Å². The van der Waals surface area contributed by atoms with Crippen molar-refractivity contribution in [2.24, 2.45) is 10.7 Å². The number of halogens is 1. The zero-order chi connectivity index (χ0) is 20.5. The molecule has 0 aliphatic carbocycles. The molecule has 0 radical (unpaired) electrons. The number of guanidine groups is 1. The summed E-state index contributed by atoms with van der Waals surface area (Å²) in [4.78, 5) is 20.5. The molecule has 7 nitrogen and oxygen atoms in total. The molecule has 30 heavy (non-hydrogen) atoms. The smallest absolute Gasteiger partial charge is 0.284 e. The van der Waals surface area contributed by atoms with Crippen LogP contribution in [0.1, 0.15) is 28.8 Å². The molecule has 1 aliphatic rings. The number of nitrogens with zero attached hydrogens (tertiary/aromatic N) is 3. The molecule has 3 N–H and O–H groups in total. The molecule has 0 bridgehead atoms. The Labute approximate surface area is 195 Å². The zero-order valence-corrected chi connectivity index (χ0v) is 19.6. The summed E-state index contributed by atoms with van der Waals surface area (Å²) < 4.78 is 5.42. The van der Waals surface area contributed by atoms with Crippen molar-refractivity contribution in [1.82, 2.24) is 15.1 Å². The molecule has 8 heteroatoms. The van der Waals surface area contributed by atoms with E-state index in [0.717, 1.165) is 45.2 Å². The van der Waals surface area contributed by atoms with E-state index in [1.54, 1.807) is 12.1 Å². The molecule has 1 aromatic carbocycles. The summed E-state index contributed by atoms with van der Waals surface area (Å²) in [5.41, 5.74) is 6.46. The Morgan fingerprint density at radius 3 is 2.53 bits per heavy atom. The molecule has 1 saturated heterocycles. The predicted octanol–water partition coefficient (Wildman–Crippen LogP) is 2.79. The van der Waals surface area contributed by atoms with Gasteiger partial charge in [0.15, 0.2) is 11.7 Å². The van der Waals surface area contributed by atoms with E-state index in [1.165, 1.54) is 5.56 Å². The van der Waals surface area contributed by atoms with Crippen LogP contribution in [0.3, 0.4) is 0 Å². The van der Waals surface area contributed by atoms with Gasteiger partial charge in [-0.2, -0.15) is 0 Å². The van der Waals surface area contributed by atoms with Crippen LogP contribution in [-0.2, 0) is 6.54 Å². The van der Waals surface area contributed by atoms with Crippen LogP contribution in [0.15, 0.2) is 58.0 Å². The minimum Gasteiger partial charge on any atom is -0.454 e. The number of benzene rings is 1. The van der Waals surface area contributed by atoms with Gasteiger partial charge in [-0.15, -0.1) is 24.0 Å². The van der Waals surface area contributed by atoms with E-state index in [9.17, 15) is 4.79 Å². The maximum absolute atomic E-state index is 11.2. The molecule has 1 aromatic heterocycles. The highest BCUT2D eigenvalue weighted by Crippen LogP contribution is 2.10. The summed E-state index contributed by atoms with van der Waals surface area (Å²) in [7, 11) is 0. The van der Waals surface area contributed by atoms with Crippen LogP contribution >= 0.6 is 24.0 Å². The fourth-order valence-corrected chi connectivity index (χ4v) is 3.22. The van der Waals surface area contributed by atoms with E-state index in [1.807, 2.05) is 6.07 Å². The Hall–Kier alpha value is -2.33. The van der Waals surface area contributed by atoms with Crippen LogP contribution in [0.5, 0.6) is 0 Å². The average molecular weight is 523 g/mol. The van der Waals surface area contributed by atoms with Gasteiger partial charge in [-0.1, -0.05) is 42.5 Å². The number of furan rings is 1. The van der Waals surface area contributed by atoms with Crippen molar-refractivity contribution >= 4 is 41.9 Å². The van der Waals surface area contributed by atoms with E-state index in [0.29, 0.717) is 12.3 Å². The number of nitrogens with one attached hydrogen (secondary N) is 1. The normalized spacial score (nSPS) is 15.2. The van der Waals surface area contributed by atoms with E-state index in [4.69, 9.17) is 10.2 Å². The third kappa shape index (κ3) is 7.17. The van der Waals surface area contributed by atoms with Crippen LogP contribution in [0.4, 0.5) is 0 Å². The quantitative estimate of drug-likeness (QED) is 0.331. The first-order valence-corrected chi connectivity index (χ1v) is 10.0. The summed E-state index contributed by atoms with van der Waals surface area (Å²) in [5, 5.41) is 3.34. The van der Waals surface area contributed by atoms with Gasteiger partial charge in [0.25, 0.3) is 5.91 Å². The van der Waals surface area contributed by atoms with Gasteiger partial charge in [0, 0.05) is 39.3 Å². The highest BCUT2D eigenvalue weighted by Gasteiger charge is 2.19. The van der Waals surface area contributed by atoms with Crippen molar-refractivity contribution in [1.29, 1.82) is 0 Å². The Kier molecular flexibility index (Phi) is 9.88. The predicted molar refractivity (Wildman–Crippen MR) is 131 cm³/mol. The Morgan fingerprint density at radius 1 is 1.17 bits per heavy atom. The molecule has 0 saturated carbocycles. The monoisotopic (exact) mass is 523 g/mol. The molecule has 1 fully saturated rings. The largest absolute Gasteiger partial charge is 0.454 e. The molecular formula is C22H30IN5O2. The third-order valence-corrected chi connectivity index (χ3v) is 4.77. The summed E-state index contributed by atoms with van der Waals surface area (Å²) >= 11 is 0. The second kappa shape index (κ2) is 12.4. The lowest BCUT2D eigenvalue weighted by Crippen LogP contribution is -2.52. The second-order valence-corrected chi connectivity index (χ2v) is 6.90. The third-order valence-electron chi connectivity index (χ3n) is 4.77. The zero-order valence-electron chi connectivity index (χ0n) is 17.3. The molecule has 3 rings (SSSR count). The Morgan fingerprint density at radius 2 is 1.90 bits per heavy atom. The molecule has 162 valence electrons. The van der Waals surface area contributed by atoms with Gasteiger partial charge in [-0.05, 0) is 24.6 Å². The number of aliphatic imine (C=N–C) groups is 1. The topological polar surface area (TPSA) is 87.1 Å². The standard InChI is InChI=1S/C22H29N5O2.HI/c1-2-24-22(25-17-19-10-11-20(29-19)21(23)28)27-15-13-26(14-16-27)12-6-9-18-7-4-3-5-8-18;/h3-11H,2,12-17H2,1H3,(H2,23,28)(H,24,25);1H/b9-6+;. The summed E-state index contributed by atoms with van der Waals surface area (Å²) in [6.45, 7) is 7.95. The van der Waals surface area contributed by atoms with Crippen LogP contribution in [-0.4, -0.2) is 60.9 Å². The van der Waals surface area contributed by atoms with Crippen LogP contribution in [0.25, 0.3) is 6.08 Å². The molecule has 2 aromatic rings. The van der Waals surface area contributed by atoms with Gasteiger partial charge in [0.05, 0.1) is 0 Å². The number of carbonyl (C=O) groups is 1. The molecule has 0 atom stereocenters. The lowest BCUT2D eigenvalue weighted by molar-refractivity contribution is 0.0972. The Bertz CT molecular complexity index is 842. The van der Waals surface area contributed by atoms with Crippen LogP contribution < -0.4 is 11.1 Å². The van der Waals surface area contributed by atoms with E-state index in [2.05, 4.69) is 63.5 Å². The number of rotatable bonds is 7. The minimum atomic E-state index is -0.565. The number of hydrogen-bond donors (Lipinski definition) is 2. The van der Waals surface area contributed by atoms with Gasteiger partial charge in [0.2, 0.25) is 0 Å². The van der Waals surface area contributed by atoms with Crippen LogP contribution in [0.2, 0.25) is 0 Å². The average Bonchev–Trinajstić information content (AvgIpc) is 3.22. The number of hydrogen-bond acceptors (Lipinski definition) is 4. The van der Waals surface area contributed by atoms with Gasteiger partial charge in [-0.25, -0.2) is 4.99 Å². The van der Waals surface area contributed by atoms with E-state index < -0.39 is 5.91 Å². The first-order chi connectivity index (χ1) is 14.2. The molecule has 0 spiro atoms. The van der Waals surface area contributed by atoms with Gasteiger partial charge in [-0.3, -0.25) is 9.69 Å². The minimum absolute atomic E-state index is 0. The van der Waals surface area contributed by atoms with Crippen LogP contribution in [0, 0.1) is 0 Å². The SMILES string of the molecule is CCNC(=NCc1ccc(C(N)=O)o1)N1CCN(C/C=C/c2ccccc2)CC1.I. The summed E-state index contributed by atoms with van der Waals surface area (Å²) in [6.07, 6.45) is 4.39. The van der Waals surface area contributed by atoms with Gasteiger partial charge < -0.3 is 20.4 Å². The van der Waals surface area contributed by atoms with Crippen molar-refractivity contribution in [2.45, 2.75) is 13.5 Å². The van der Waals surface area contributed by atoms with Crippen molar-refractivity contribution < 1.29 is 9.21 Å². The van der Waals surface area contributed by atoms with Crippen molar-refractivity contribution in [2.75, 3.05) is 39.3 Å². The highest BCUT2D eigenvalue weighted by atomic mass is 127. The maximum Gasteiger partial charge on any atom is 0.284 e. The van der Waals surface area contributed by atoms with E-state index >= 15 is 0 Å². The number of carbonyl (C=O) groups excluding carboxylic acids is 1. The fraction of sp³-hybridized carbons (Fsp3) is 0.364. The second-order valence-electron chi connectivity index (χ2n) is 6.90. The van der Waals surface area contributed by atoms with Crippen molar-refractivity contribution in [3.63, 3.8) is 0 Å². The molecule has 2 heterocycles. The molecule has 1 amide bonds. The first-order valence-electron chi connectivity index (χ1n) is 10.0. The number of nitrogens with two attached hydrogens (primary N) is 1. The highest BCUT2D eigenvalue weighted by molar-refractivity contribution is 14.0. The number of amides is 1. The first kappa shape index (κ1) is 23.9. The Balaban J connectivity index is 0.00000320. The van der Waals surface area contributed by atoms with Crippen molar-refractivity contribution in [3.8, 4) is 0 Å².